The zero-order valence-corrected chi connectivity index (χ0v) is 22.1. The van der Waals surface area contributed by atoms with Crippen molar-refractivity contribution in [2.75, 3.05) is 6.54 Å². The average Bonchev–Trinajstić information content (AvgIpc) is 3.15. The molecule has 1 saturated carbocycles. The standard InChI is InChI=1S/C31H36ClN3O2/c32-28-12-6-11-26(20-28)29(33)21-34-31(37)27-10-2-1-7-24(19-27)9-5-8-23-14-16-25(17-15-23)22-35-18-4-3-13-30(35)36/h3-4,6,11-18,20,24,27,33H,1-2,5,7-10,19,21-22H2,(H,34,37). The van der Waals surface area contributed by atoms with Crippen LogP contribution in [0, 0.1) is 17.2 Å². The van der Waals surface area contributed by atoms with Crippen LogP contribution in [0.1, 0.15) is 61.6 Å². The van der Waals surface area contributed by atoms with Gasteiger partial charge in [-0.1, -0.05) is 79.7 Å². The fourth-order valence-electron chi connectivity index (χ4n) is 5.25. The molecule has 1 aliphatic rings. The predicted octanol–water partition coefficient (Wildman–Crippen LogP) is 6.25. The van der Waals surface area contributed by atoms with Crippen molar-refractivity contribution in [2.24, 2.45) is 11.8 Å². The van der Waals surface area contributed by atoms with E-state index in [4.69, 9.17) is 17.0 Å². The highest BCUT2D eigenvalue weighted by atomic mass is 35.5. The summed E-state index contributed by atoms with van der Waals surface area (Å²) >= 11 is 6.03. The van der Waals surface area contributed by atoms with Crippen LogP contribution in [0.2, 0.25) is 5.02 Å². The van der Waals surface area contributed by atoms with E-state index in [0.717, 1.165) is 49.7 Å². The summed E-state index contributed by atoms with van der Waals surface area (Å²) < 4.78 is 1.72. The number of benzene rings is 2. The Bertz CT molecular complexity index is 1250. The molecule has 1 amide bonds. The summed E-state index contributed by atoms with van der Waals surface area (Å²) in [5, 5.41) is 11.9. The zero-order valence-electron chi connectivity index (χ0n) is 21.3. The van der Waals surface area contributed by atoms with Crippen molar-refractivity contribution in [2.45, 2.75) is 57.9 Å². The van der Waals surface area contributed by atoms with Crippen LogP contribution in [0.3, 0.4) is 0 Å². The smallest absolute Gasteiger partial charge is 0.250 e. The topological polar surface area (TPSA) is 75.0 Å². The van der Waals surface area contributed by atoms with Crippen LogP contribution in [0.25, 0.3) is 0 Å². The van der Waals surface area contributed by atoms with E-state index >= 15 is 0 Å². The minimum Gasteiger partial charge on any atom is -0.350 e. The third-order valence-electron chi connectivity index (χ3n) is 7.37. The van der Waals surface area contributed by atoms with Gasteiger partial charge in [0.2, 0.25) is 5.91 Å². The van der Waals surface area contributed by atoms with E-state index < -0.39 is 0 Å². The second-order valence-corrected chi connectivity index (χ2v) is 10.6. The Labute approximate surface area is 224 Å². The van der Waals surface area contributed by atoms with Gasteiger partial charge in [0.05, 0.1) is 18.8 Å². The molecule has 0 spiro atoms. The van der Waals surface area contributed by atoms with Crippen molar-refractivity contribution in [1.82, 2.24) is 9.88 Å². The van der Waals surface area contributed by atoms with E-state index in [0.29, 0.717) is 23.2 Å². The number of carbonyl (C=O) groups is 1. The lowest BCUT2D eigenvalue weighted by molar-refractivity contribution is -0.125. The lowest BCUT2D eigenvalue weighted by Gasteiger charge is -2.20. The Kier molecular flexibility index (Phi) is 9.72. The monoisotopic (exact) mass is 517 g/mol. The summed E-state index contributed by atoms with van der Waals surface area (Å²) in [6.45, 7) is 0.819. The molecular formula is C31H36ClN3O2. The molecule has 3 aromatic rings. The largest absolute Gasteiger partial charge is 0.350 e. The quantitative estimate of drug-likeness (QED) is 0.246. The normalized spacial score (nSPS) is 17.6. The van der Waals surface area contributed by atoms with Gasteiger partial charge in [-0.3, -0.25) is 9.59 Å². The first kappa shape index (κ1) is 26.9. The lowest BCUT2D eigenvalue weighted by atomic mass is 9.88. The maximum atomic E-state index is 12.9. The number of amides is 1. The highest BCUT2D eigenvalue weighted by Gasteiger charge is 2.25. The van der Waals surface area contributed by atoms with Crippen LogP contribution in [0.4, 0.5) is 0 Å². The van der Waals surface area contributed by atoms with E-state index in [1.54, 1.807) is 28.8 Å². The van der Waals surface area contributed by atoms with Gasteiger partial charge in [0.1, 0.15) is 0 Å². The molecule has 0 aliphatic heterocycles. The number of carbonyl (C=O) groups excluding carboxylic acids is 1. The van der Waals surface area contributed by atoms with Gasteiger partial charge < -0.3 is 15.3 Å². The summed E-state index contributed by atoms with van der Waals surface area (Å²) in [5.41, 5.74) is 3.57. The summed E-state index contributed by atoms with van der Waals surface area (Å²) in [6.07, 6.45) is 10.4. The van der Waals surface area contributed by atoms with Crippen molar-refractivity contribution in [3.8, 4) is 0 Å². The minimum absolute atomic E-state index is 0.0151. The lowest BCUT2D eigenvalue weighted by Crippen LogP contribution is -2.35. The number of aryl methyl sites for hydroxylation is 1. The highest BCUT2D eigenvalue weighted by Crippen LogP contribution is 2.31. The van der Waals surface area contributed by atoms with Crippen LogP contribution < -0.4 is 10.9 Å². The van der Waals surface area contributed by atoms with Gasteiger partial charge in [0.25, 0.3) is 5.56 Å². The maximum Gasteiger partial charge on any atom is 0.250 e. The molecule has 0 bridgehead atoms. The zero-order chi connectivity index (χ0) is 26.0. The molecule has 1 aliphatic carbocycles. The molecule has 1 aromatic heterocycles. The van der Waals surface area contributed by atoms with Crippen molar-refractivity contribution >= 4 is 23.2 Å². The van der Waals surface area contributed by atoms with Crippen molar-refractivity contribution in [3.63, 3.8) is 0 Å². The predicted molar refractivity (Wildman–Crippen MR) is 151 cm³/mol. The summed E-state index contributed by atoms with van der Waals surface area (Å²) in [5.74, 6) is 0.669. The number of rotatable bonds is 10. The van der Waals surface area contributed by atoms with Crippen molar-refractivity contribution in [1.29, 1.82) is 5.41 Å². The van der Waals surface area contributed by atoms with E-state index in [1.807, 2.05) is 24.4 Å². The molecule has 1 heterocycles. The SMILES string of the molecule is N=C(CNC(=O)C1CCCCC(CCCc2ccc(Cn3ccccc3=O)cc2)C1)c1cccc(Cl)c1. The molecule has 0 radical (unpaired) electrons. The number of pyridine rings is 1. The third kappa shape index (κ3) is 8.16. The second kappa shape index (κ2) is 13.4. The summed E-state index contributed by atoms with van der Waals surface area (Å²) in [7, 11) is 0. The first-order valence-corrected chi connectivity index (χ1v) is 13.7. The van der Waals surface area contributed by atoms with Gasteiger partial charge in [-0.2, -0.15) is 0 Å². The Morgan fingerprint density at radius 2 is 1.78 bits per heavy atom. The first-order valence-electron chi connectivity index (χ1n) is 13.3. The molecule has 5 nitrogen and oxygen atoms in total. The molecule has 2 unspecified atom stereocenters. The van der Waals surface area contributed by atoms with E-state index in [-0.39, 0.29) is 23.9 Å². The van der Waals surface area contributed by atoms with Gasteiger partial charge in [-0.05, 0) is 66.5 Å². The average molecular weight is 518 g/mol. The molecular weight excluding hydrogens is 482 g/mol. The van der Waals surface area contributed by atoms with Crippen LogP contribution >= 0.6 is 11.6 Å². The van der Waals surface area contributed by atoms with Gasteiger partial charge >= 0.3 is 0 Å². The Balaban J connectivity index is 1.22. The van der Waals surface area contributed by atoms with E-state index in [9.17, 15) is 9.59 Å². The number of halogens is 1. The van der Waals surface area contributed by atoms with Crippen LogP contribution in [0.15, 0.2) is 77.7 Å². The highest BCUT2D eigenvalue weighted by molar-refractivity contribution is 6.31. The van der Waals surface area contributed by atoms with Crippen molar-refractivity contribution < 1.29 is 4.79 Å². The minimum atomic E-state index is 0.0151. The molecule has 6 heteroatoms. The number of hydrogen-bond donors (Lipinski definition) is 2. The molecule has 194 valence electrons. The number of nitrogens with zero attached hydrogens (tertiary/aromatic N) is 1. The molecule has 0 saturated heterocycles. The Morgan fingerprint density at radius 1 is 1.00 bits per heavy atom. The molecule has 37 heavy (non-hydrogen) atoms. The Hall–Kier alpha value is -3.18. The fourth-order valence-corrected chi connectivity index (χ4v) is 5.44. The van der Waals surface area contributed by atoms with E-state index in [1.165, 1.54) is 18.4 Å². The van der Waals surface area contributed by atoms with Gasteiger partial charge in [-0.25, -0.2) is 0 Å². The molecule has 2 atom stereocenters. The fraction of sp³-hybridized carbons (Fsp3) is 0.387. The molecule has 2 N–H and O–H groups in total. The molecule has 4 rings (SSSR count). The maximum absolute atomic E-state index is 12.9. The number of aromatic nitrogens is 1. The second-order valence-electron chi connectivity index (χ2n) is 10.2. The number of nitrogens with one attached hydrogen (secondary N) is 2. The first-order chi connectivity index (χ1) is 18.0. The van der Waals surface area contributed by atoms with Gasteiger partial charge in [0, 0.05) is 23.2 Å². The van der Waals surface area contributed by atoms with Crippen LogP contribution in [0.5, 0.6) is 0 Å². The van der Waals surface area contributed by atoms with Crippen LogP contribution in [-0.2, 0) is 17.8 Å². The van der Waals surface area contributed by atoms with Crippen LogP contribution in [-0.4, -0.2) is 22.7 Å². The van der Waals surface area contributed by atoms with E-state index in [2.05, 4.69) is 29.6 Å². The molecule has 2 aromatic carbocycles. The van der Waals surface area contributed by atoms with Gasteiger partial charge in [-0.15, -0.1) is 0 Å². The Morgan fingerprint density at radius 3 is 2.57 bits per heavy atom. The van der Waals surface area contributed by atoms with Gasteiger partial charge in [0.15, 0.2) is 0 Å². The summed E-state index contributed by atoms with van der Waals surface area (Å²) in [4.78, 5) is 24.9. The molecule has 1 fully saturated rings. The van der Waals surface area contributed by atoms with Crippen molar-refractivity contribution in [3.05, 3.63) is 105 Å². The third-order valence-corrected chi connectivity index (χ3v) is 7.60. The summed E-state index contributed by atoms with van der Waals surface area (Å²) in [6, 6.07) is 21.0. The number of hydrogen-bond acceptors (Lipinski definition) is 3.